The SMILES string of the molecule is CCOc1ccccc1-c1nc(C2CC(=O)N(c3ccc(C)c(Cl)c3)C2)no1. The van der Waals surface area contributed by atoms with Crippen molar-refractivity contribution >= 4 is 23.2 Å². The Hall–Kier alpha value is -2.86. The molecule has 6 nitrogen and oxygen atoms in total. The van der Waals surface area contributed by atoms with E-state index in [1.807, 2.05) is 56.3 Å². The highest BCUT2D eigenvalue weighted by molar-refractivity contribution is 6.31. The lowest BCUT2D eigenvalue weighted by atomic mass is 10.1. The van der Waals surface area contributed by atoms with E-state index in [-0.39, 0.29) is 11.8 Å². The van der Waals surface area contributed by atoms with E-state index in [9.17, 15) is 4.79 Å². The monoisotopic (exact) mass is 397 g/mol. The molecule has 0 radical (unpaired) electrons. The molecule has 3 aromatic rings. The van der Waals surface area contributed by atoms with E-state index in [0.29, 0.717) is 42.1 Å². The second kappa shape index (κ2) is 7.64. The third kappa shape index (κ3) is 3.47. The number of aryl methyl sites for hydroxylation is 1. The lowest BCUT2D eigenvalue weighted by Gasteiger charge is -2.17. The molecule has 1 fully saturated rings. The standard InChI is InChI=1S/C21H20ClN3O3/c1-3-27-18-7-5-4-6-16(18)21-23-20(24-28-21)14-10-19(26)25(12-14)15-9-8-13(2)17(22)11-15/h4-9,11,14H,3,10,12H2,1-2H3. The predicted octanol–water partition coefficient (Wildman–Crippen LogP) is 4.62. The molecule has 7 heteroatoms. The third-order valence-corrected chi connectivity index (χ3v) is 5.22. The van der Waals surface area contributed by atoms with Crippen molar-refractivity contribution in [3.8, 4) is 17.2 Å². The summed E-state index contributed by atoms with van der Waals surface area (Å²) in [5.74, 6) is 1.49. The zero-order valence-electron chi connectivity index (χ0n) is 15.7. The Labute approximate surface area is 168 Å². The van der Waals surface area contributed by atoms with Crippen LogP contribution in [0.3, 0.4) is 0 Å². The van der Waals surface area contributed by atoms with E-state index in [0.717, 1.165) is 16.8 Å². The van der Waals surface area contributed by atoms with Gasteiger partial charge in [-0.1, -0.05) is 35.0 Å². The highest BCUT2D eigenvalue weighted by Crippen LogP contribution is 2.34. The van der Waals surface area contributed by atoms with Gasteiger partial charge in [-0.25, -0.2) is 0 Å². The van der Waals surface area contributed by atoms with Crippen LogP contribution >= 0.6 is 11.6 Å². The Morgan fingerprint density at radius 3 is 2.89 bits per heavy atom. The Bertz CT molecular complexity index is 1020. The van der Waals surface area contributed by atoms with Crippen LogP contribution < -0.4 is 9.64 Å². The normalized spacial score (nSPS) is 16.6. The molecule has 1 saturated heterocycles. The van der Waals surface area contributed by atoms with E-state index >= 15 is 0 Å². The van der Waals surface area contributed by atoms with Crippen LogP contribution in [0, 0.1) is 6.92 Å². The highest BCUT2D eigenvalue weighted by Gasteiger charge is 2.35. The number of para-hydroxylation sites is 1. The van der Waals surface area contributed by atoms with Crippen molar-refractivity contribution in [1.29, 1.82) is 0 Å². The maximum atomic E-state index is 12.5. The number of hydrogen-bond donors (Lipinski definition) is 0. The van der Waals surface area contributed by atoms with Crippen LogP contribution in [0.15, 0.2) is 47.0 Å². The molecule has 1 unspecified atom stereocenters. The van der Waals surface area contributed by atoms with Gasteiger partial charge in [-0.2, -0.15) is 4.98 Å². The summed E-state index contributed by atoms with van der Waals surface area (Å²) < 4.78 is 11.1. The smallest absolute Gasteiger partial charge is 0.261 e. The largest absolute Gasteiger partial charge is 0.493 e. The highest BCUT2D eigenvalue weighted by atomic mass is 35.5. The first-order valence-electron chi connectivity index (χ1n) is 9.19. The predicted molar refractivity (Wildman–Crippen MR) is 107 cm³/mol. The number of carbonyl (C=O) groups excluding carboxylic acids is 1. The van der Waals surface area contributed by atoms with E-state index in [1.54, 1.807) is 4.90 Å². The number of carbonyl (C=O) groups is 1. The molecule has 0 saturated carbocycles. The van der Waals surface area contributed by atoms with Crippen LogP contribution in [0.1, 0.15) is 30.7 Å². The summed E-state index contributed by atoms with van der Waals surface area (Å²) in [5, 5.41) is 4.77. The minimum absolute atomic E-state index is 0.0194. The summed E-state index contributed by atoms with van der Waals surface area (Å²) in [6, 6.07) is 13.2. The number of amides is 1. The Kier molecular flexibility index (Phi) is 5.05. The molecule has 1 aliphatic heterocycles. The van der Waals surface area contributed by atoms with Crippen LogP contribution in [-0.4, -0.2) is 29.2 Å². The maximum absolute atomic E-state index is 12.5. The van der Waals surface area contributed by atoms with Gasteiger partial charge >= 0.3 is 0 Å². The first kappa shape index (κ1) is 18.5. The van der Waals surface area contributed by atoms with Crippen molar-refractivity contribution in [3.05, 3.63) is 58.9 Å². The number of nitrogens with zero attached hydrogens (tertiary/aromatic N) is 3. The number of hydrogen-bond acceptors (Lipinski definition) is 5. The molecule has 2 heterocycles. The molecule has 28 heavy (non-hydrogen) atoms. The maximum Gasteiger partial charge on any atom is 0.261 e. The number of halogens is 1. The van der Waals surface area contributed by atoms with Crippen molar-refractivity contribution in [2.24, 2.45) is 0 Å². The number of ether oxygens (including phenoxy) is 1. The number of rotatable bonds is 5. The Morgan fingerprint density at radius 2 is 2.11 bits per heavy atom. The van der Waals surface area contributed by atoms with Gasteiger partial charge < -0.3 is 14.2 Å². The first-order chi connectivity index (χ1) is 13.6. The molecule has 0 bridgehead atoms. The molecule has 1 amide bonds. The van der Waals surface area contributed by atoms with Crippen molar-refractivity contribution in [1.82, 2.24) is 10.1 Å². The van der Waals surface area contributed by atoms with Crippen molar-refractivity contribution in [3.63, 3.8) is 0 Å². The van der Waals surface area contributed by atoms with Gasteiger partial charge in [0.2, 0.25) is 5.91 Å². The van der Waals surface area contributed by atoms with E-state index in [2.05, 4.69) is 10.1 Å². The lowest BCUT2D eigenvalue weighted by Crippen LogP contribution is -2.24. The molecule has 1 atom stereocenters. The van der Waals surface area contributed by atoms with Crippen LogP contribution in [0.4, 0.5) is 5.69 Å². The molecule has 1 aliphatic rings. The molecule has 0 aliphatic carbocycles. The summed E-state index contributed by atoms with van der Waals surface area (Å²) in [6.07, 6.45) is 0.331. The molecule has 1 aromatic heterocycles. The van der Waals surface area contributed by atoms with Crippen LogP contribution in [0.2, 0.25) is 5.02 Å². The van der Waals surface area contributed by atoms with Gasteiger partial charge in [0, 0.05) is 29.6 Å². The second-order valence-electron chi connectivity index (χ2n) is 6.73. The molecule has 0 N–H and O–H groups in total. The summed E-state index contributed by atoms with van der Waals surface area (Å²) in [5.41, 5.74) is 2.51. The van der Waals surface area contributed by atoms with Crippen molar-refractivity contribution in [2.75, 3.05) is 18.1 Å². The first-order valence-corrected chi connectivity index (χ1v) is 9.57. The number of anilines is 1. The van der Waals surface area contributed by atoms with Crippen molar-refractivity contribution < 1.29 is 14.1 Å². The Balaban J connectivity index is 1.57. The fourth-order valence-corrected chi connectivity index (χ4v) is 3.49. The van der Waals surface area contributed by atoms with E-state index in [1.165, 1.54) is 0 Å². The summed E-state index contributed by atoms with van der Waals surface area (Å²) in [7, 11) is 0. The van der Waals surface area contributed by atoms with Crippen LogP contribution in [0.25, 0.3) is 11.5 Å². The topological polar surface area (TPSA) is 68.5 Å². The molecule has 2 aromatic carbocycles. The minimum Gasteiger partial charge on any atom is -0.493 e. The van der Waals surface area contributed by atoms with Crippen LogP contribution in [-0.2, 0) is 4.79 Å². The molecule has 144 valence electrons. The summed E-state index contributed by atoms with van der Waals surface area (Å²) in [4.78, 5) is 18.8. The minimum atomic E-state index is -0.135. The van der Waals surface area contributed by atoms with Gasteiger partial charge in [-0.15, -0.1) is 0 Å². The van der Waals surface area contributed by atoms with Gasteiger partial charge in [0.25, 0.3) is 5.89 Å². The third-order valence-electron chi connectivity index (χ3n) is 4.82. The van der Waals surface area contributed by atoms with Gasteiger partial charge in [0.05, 0.1) is 12.2 Å². The van der Waals surface area contributed by atoms with Gasteiger partial charge in [-0.3, -0.25) is 4.79 Å². The molecule has 0 spiro atoms. The molecule has 4 rings (SSSR count). The number of benzene rings is 2. The van der Waals surface area contributed by atoms with Gasteiger partial charge in [-0.05, 0) is 43.7 Å². The van der Waals surface area contributed by atoms with E-state index in [4.69, 9.17) is 20.9 Å². The fourth-order valence-electron chi connectivity index (χ4n) is 3.31. The fraction of sp³-hybridized carbons (Fsp3) is 0.286. The van der Waals surface area contributed by atoms with Gasteiger partial charge in [0.1, 0.15) is 5.75 Å². The lowest BCUT2D eigenvalue weighted by molar-refractivity contribution is -0.117. The second-order valence-corrected chi connectivity index (χ2v) is 7.13. The number of aromatic nitrogens is 2. The zero-order valence-corrected chi connectivity index (χ0v) is 16.4. The van der Waals surface area contributed by atoms with Crippen molar-refractivity contribution in [2.45, 2.75) is 26.2 Å². The van der Waals surface area contributed by atoms with E-state index < -0.39 is 0 Å². The summed E-state index contributed by atoms with van der Waals surface area (Å²) >= 11 is 6.22. The average Bonchev–Trinajstić information content (AvgIpc) is 3.32. The summed E-state index contributed by atoms with van der Waals surface area (Å²) in [6.45, 7) is 4.89. The van der Waals surface area contributed by atoms with Crippen LogP contribution in [0.5, 0.6) is 5.75 Å². The average molecular weight is 398 g/mol. The van der Waals surface area contributed by atoms with Gasteiger partial charge in [0.15, 0.2) is 5.82 Å². The quantitative estimate of drug-likeness (QED) is 0.628. The Morgan fingerprint density at radius 1 is 1.29 bits per heavy atom. The molecular weight excluding hydrogens is 378 g/mol. The zero-order chi connectivity index (χ0) is 19.7. The molecular formula is C21H20ClN3O3.